The van der Waals surface area contributed by atoms with Crippen LogP contribution in [0.4, 0.5) is 8.78 Å². The van der Waals surface area contributed by atoms with Crippen molar-refractivity contribution in [2.45, 2.75) is 25.9 Å². The van der Waals surface area contributed by atoms with Crippen molar-refractivity contribution in [3.8, 4) is 5.75 Å². The Labute approximate surface area is 123 Å². The number of para-hydroxylation sites is 1. The van der Waals surface area contributed by atoms with Crippen LogP contribution in [0.25, 0.3) is 0 Å². The number of ether oxygens (including phenoxy) is 1. The molecule has 1 unspecified atom stereocenters. The molecule has 2 aromatic rings. The highest BCUT2D eigenvalue weighted by atomic mass is 19.2. The summed E-state index contributed by atoms with van der Waals surface area (Å²) in [6, 6.07) is 11.0. The Kier molecular flexibility index (Phi) is 5.28. The van der Waals surface area contributed by atoms with Gasteiger partial charge in [-0.15, -0.1) is 0 Å². The van der Waals surface area contributed by atoms with Crippen molar-refractivity contribution in [1.29, 1.82) is 0 Å². The normalized spacial score (nSPS) is 12.2. The molecule has 4 heteroatoms. The van der Waals surface area contributed by atoms with Crippen molar-refractivity contribution >= 4 is 0 Å². The van der Waals surface area contributed by atoms with E-state index < -0.39 is 17.7 Å². The first-order chi connectivity index (χ1) is 10.1. The van der Waals surface area contributed by atoms with E-state index in [9.17, 15) is 13.9 Å². The molecule has 0 radical (unpaired) electrons. The molecule has 1 atom stereocenters. The Balaban J connectivity index is 2.20. The average Bonchev–Trinajstić information content (AvgIpc) is 2.50. The van der Waals surface area contributed by atoms with Gasteiger partial charge in [-0.3, -0.25) is 0 Å². The van der Waals surface area contributed by atoms with Gasteiger partial charge in [0.15, 0.2) is 11.6 Å². The largest absolute Gasteiger partial charge is 0.493 e. The van der Waals surface area contributed by atoms with E-state index >= 15 is 0 Å². The molecule has 0 amide bonds. The maximum Gasteiger partial charge on any atom is 0.162 e. The molecule has 112 valence electrons. The molecule has 0 saturated heterocycles. The molecule has 1 N–H and O–H groups in total. The number of halogens is 2. The van der Waals surface area contributed by atoms with Gasteiger partial charge in [-0.1, -0.05) is 37.3 Å². The van der Waals surface area contributed by atoms with E-state index in [2.05, 4.69) is 0 Å². The van der Waals surface area contributed by atoms with Gasteiger partial charge < -0.3 is 9.84 Å². The van der Waals surface area contributed by atoms with Crippen LogP contribution in [0.3, 0.4) is 0 Å². The Hall–Kier alpha value is -1.94. The molecule has 0 aromatic heterocycles. The fourth-order valence-electron chi connectivity index (χ4n) is 2.12. The van der Waals surface area contributed by atoms with Gasteiger partial charge in [-0.25, -0.2) is 8.78 Å². The number of benzene rings is 2. The first-order valence-corrected chi connectivity index (χ1v) is 6.96. The van der Waals surface area contributed by atoms with Crippen LogP contribution in [-0.4, -0.2) is 11.7 Å². The highest BCUT2D eigenvalue weighted by molar-refractivity contribution is 5.36. The number of aliphatic hydroxyl groups is 1. The Bertz CT molecular complexity index is 599. The molecule has 0 heterocycles. The predicted octanol–water partition coefficient (Wildman–Crippen LogP) is 4.03. The molecule has 0 aliphatic rings. The topological polar surface area (TPSA) is 29.5 Å². The molecule has 0 aliphatic carbocycles. The Morgan fingerprint density at radius 3 is 2.62 bits per heavy atom. The van der Waals surface area contributed by atoms with E-state index in [1.165, 1.54) is 12.1 Å². The smallest absolute Gasteiger partial charge is 0.162 e. The van der Waals surface area contributed by atoms with Crippen LogP contribution >= 0.6 is 0 Å². The summed E-state index contributed by atoms with van der Waals surface area (Å²) < 4.78 is 32.4. The van der Waals surface area contributed by atoms with Crippen LogP contribution in [0.2, 0.25) is 0 Å². The van der Waals surface area contributed by atoms with Crippen LogP contribution in [0.1, 0.15) is 30.6 Å². The first kappa shape index (κ1) is 15.4. The minimum absolute atomic E-state index is 0.00388. The third kappa shape index (κ3) is 3.79. The fraction of sp³-hybridized carbons (Fsp3) is 0.294. The molecule has 2 rings (SSSR count). The second kappa shape index (κ2) is 7.18. The van der Waals surface area contributed by atoms with E-state index in [-0.39, 0.29) is 12.0 Å². The second-order valence-corrected chi connectivity index (χ2v) is 4.82. The summed E-state index contributed by atoms with van der Waals surface area (Å²) in [6.07, 6.45) is -0.103. The third-order valence-corrected chi connectivity index (χ3v) is 3.18. The molecule has 21 heavy (non-hydrogen) atoms. The minimum Gasteiger partial charge on any atom is -0.493 e. The van der Waals surface area contributed by atoms with E-state index in [4.69, 9.17) is 4.74 Å². The number of rotatable bonds is 6. The monoisotopic (exact) mass is 292 g/mol. The second-order valence-electron chi connectivity index (χ2n) is 4.82. The lowest BCUT2D eigenvalue weighted by atomic mass is 10.00. The van der Waals surface area contributed by atoms with Crippen LogP contribution in [0, 0.1) is 11.6 Å². The highest BCUT2D eigenvalue weighted by Crippen LogP contribution is 2.28. The fourth-order valence-corrected chi connectivity index (χ4v) is 2.12. The summed E-state index contributed by atoms with van der Waals surface area (Å²) in [6.45, 7) is 2.53. The number of aliphatic hydroxyl groups excluding tert-OH is 1. The van der Waals surface area contributed by atoms with Crippen LogP contribution in [0.5, 0.6) is 5.75 Å². The maximum absolute atomic E-state index is 13.7. The SMILES string of the molecule is CCCOc1ccccc1C(O)Cc1cccc(F)c1F. The zero-order valence-electron chi connectivity index (χ0n) is 11.9. The molecule has 0 saturated carbocycles. The van der Waals surface area contributed by atoms with Crippen molar-refractivity contribution < 1.29 is 18.6 Å². The molecular formula is C17H18F2O2. The van der Waals surface area contributed by atoms with Crippen molar-refractivity contribution in [2.24, 2.45) is 0 Å². The van der Waals surface area contributed by atoms with Crippen LogP contribution in [0.15, 0.2) is 42.5 Å². The van der Waals surface area contributed by atoms with Gasteiger partial charge >= 0.3 is 0 Å². The summed E-state index contributed by atoms with van der Waals surface area (Å²) in [5.74, 6) is -1.25. The minimum atomic E-state index is -0.950. The summed E-state index contributed by atoms with van der Waals surface area (Å²) in [7, 11) is 0. The van der Waals surface area contributed by atoms with Crippen LogP contribution < -0.4 is 4.74 Å². The van der Waals surface area contributed by atoms with Crippen molar-refractivity contribution in [3.05, 3.63) is 65.2 Å². The average molecular weight is 292 g/mol. The molecule has 0 aliphatic heterocycles. The molecule has 0 fully saturated rings. The van der Waals surface area contributed by atoms with E-state index in [0.29, 0.717) is 17.9 Å². The zero-order chi connectivity index (χ0) is 15.2. The first-order valence-electron chi connectivity index (χ1n) is 6.96. The van der Waals surface area contributed by atoms with Gasteiger partial charge in [0, 0.05) is 12.0 Å². The van der Waals surface area contributed by atoms with Crippen molar-refractivity contribution in [3.63, 3.8) is 0 Å². The Morgan fingerprint density at radius 2 is 1.86 bits per heavy atom. The number of hydrogen-bond donors (Lipinski definition) is 1. The third-order valence-electron chi connectivity index (χ3n) is 3.18. The van der Waals surface area contributed by atoms with Gasteiger partial charge in [0.2, 0.25) is 0 Å². The summed E-state index contributed by atoms with van der Waals surface area (Å²) in [5, 5.41) is 10.3. The van der Waals surface area contributed by atoms with Crippen molar-refractivity contribution in [2.75, 3.05) is 6.61 Å². The highest BCUT2D eigenvalue weighted by Gasteiger charge is 2.17. The van der Waals surface area contributed by atoms with Gasteiger partial charge in [-0.2, -0.15) is 0 Å². The molecule has 0 bridgehead atoms. The van der Waals surface area contributed by atoms with Gasteiger partial charge in [0.25, 0.3) is 0 Å². The lowest BCUT2D eigenvalue weighted by Gasteiger charge is -2.16. The summed E-state index contributed by atoms with van der Waals surface area (Å²) in [5.41, 5.74) is 0.724. The van der Waals surface area contributed by atoms with E-state index in [0.717, 1.165) is 12.5 Å². The van der Waals surface area contributed by atoms with Gasteiger partial charge in [0.1, 0.15) is 5.75 Å². The molecule has 0 spiro atoms. The summed E-state index contributed by atoms with van der Waals surface area (Å²) >= 11 is 0. The quantitative estimate of drug-likeness (QED) is 0.871. The lowest BCUT2D eigenvalue weighted by molar-refractivity contribution is 0.170. The van der Waals surface area contributed by atoms with Gasteiger partial charge in [0.05, 0.1) is 12.7 Å². The Morgan fingerprint density at radius 1 is 1.10 bits per heavy atom. The standard InChI is InChI=1S/C17H18F2O2/c1-2-10-21-16-9-4-3-7-13(16)15(20)11-12-6-5-8-14(18)17(12)19/h3-9,15,20H,2,10-11H2,1H3. The van der Waals surface area contributed by atoms with Gasteiger partial charge in [-0.05, 0) is 24.1 Å². The molecular weight excluding hydrogens is 274 g/mol. The lowest BCUT2D eigenvalue weighted by Crippen LogP contribution is -2.07. The number of hydrogen-bond acceptors (Lipinski definition) is 2. The zero-order valence-corrected chi connectivity index (χ0v) is 11.9. The predicted molar refractivity (Wildman–Crippen MR) is 77.2 cm³/mol. The summed E-state index contributed by atoms with van der Waals surface area (Å²) in [4.78, 5) is 0. The van der Waals surface area contributed by atoms with E-state index in [1.54, 1.807) is 18.2 Å². The molecule has 2 nitrogen and oxygen atoms in total. The maximum atomic E-state index is 13.7. The molecule has 2 aromatic carbocycles. The van der Waals surface area contributed by atoms with Crippen molar-refractivity contribution in [1.82, 2.24) is 0 Å². The van der Waals surface area contributed by atoms with E-state index in [1.807, 2.05) is 13.0 Å². The van der Waals surface area contributed by atoms with Crippen LogP contribution in [-0.2, 0) is 6.42 Å².